The Morgan fingerprint density at radius 3 is 2.55 bits per heavy atom. The monoisotopic (exact) mass is 469 g/mol. The molecule has 0 aliphatic carbocycles. The largest absolute Gasteiger partial charge is 0.340 e. The number of amides is 1. The van der Waals surface area contributed by atoms with Crippen LogP contribution in [0.15, 0.2) is 83.6 Å². The van der Waals surface area contributed by atoms with E-state index in [-0.39, 0.29) is 5.91 Å². The van der Waals surface area contributed by atoms with Crippen LogP contribution in [0.3, 0.4) is 0 Å². The maximum Gasteiger partial charge on any atom is 0.257 e. The molecule has 5 rings (SSSR count). The van der Waals surface area contributed by atoms with Gasteiger partial charge in [0.15, 0.2) is 5.13 Å². The summed E-state index contributed by atoms with van der Waals surface area (Å²) in [6.45, 7) is 1.86. The van der Waals surface area contributed by atoms with E-state index in [2.05, 4.69) is 25.6 Å². The lowest BCUT2D eigenvalue weighted by Gasteiger charge is -2.10. The van der Waals surface area contributed by atoms with Crippen molar-refractivity contribution in [3.05, 3.63) is 94.9 Å². The molecule has 1 amide bonds. The van der Waals surface area contributed by atoms with E-state index in [1.165, 1.54) is 11.3 Å². The number of nitrogens with one attached hydrogen (secondary N) is 2. The molecular formula is C25H19N5OS2. The molecule has 0 aliphatic rings. The minimum Gasteiger partial charge on any atom is -0.340 e. The molecule has 162 valence electrons. The summed E-state index contributed by atoms with van der Waals surface area (Å²) in [5.74, 6) is 1.12. The molecule has 0 fully saturated rings. The minimum absolute atomic E-state index is 0.213. The number of nitrogens with zero attached hydrogens (tertiary/aromatic N) is 3. The Balaban J connectivity index is 1.32. The smallest absolute Gasteiger partial charge is 0.257 e. The molecule has 0 radical (unpaired) electrons. The van der Waals surface area contributed by atoms with Gasteiger partial charge in [-0.05, 0) is 36.6 Å². The van der Waals surface area contributed by atoms with Crippen molar-refractivity contribution in [3.63, 3.8) is 0 Å². The lowest BCUT2D eigenvalue weighted by atomic mass is 10.1. The standard InChI is InChI=1S/C25H19N5OS2/c1-16-26-20(17-7-3-2-4-8-17)14-23(27-16)28-19-10-5-9-18(13-19)24(31)30-25-29-21(15-33-25)22-11-6-12-32-22/h2-15H,1H3,(H,26,27,28)(H,29,30,31). The van der Waals surface area contributed by atoms with Gasteiger partial charge in [-0.15, -0.1) is 22.7 Å². The normalized spacial score (nSPS) is 10.7. The van der Waals surface area contributed by atoms with Crippen LogP contribution in [0, 0.1) is 6.92 Å². The molecule has 0 spiro atoms. The Bertz CT molecular complexity index is 1400. The lowest BCUT2D eigenvalue weighted by molar-refractivity contribution is 0.102. The molecule has 2 aromatic carbocycles. The summed E-state index contributed by atoms with van der Waals surface area (Å²) in [6.07, 6.45) is 0. The fourth-order valence-corrected chi connectivity index (χ4v) is 4.78. The predicted molar refractivity (Wildman–Crippen MR) is 135 cm³/mol. The van der Waals surface area contributed by atoms with Crippen molar-refractivity contribution >= 4 is 45.2 Å². The number of carbonyl (C=O) groups is 1. The Morgan fingerprint density at radius 1 is 0.848 bits per heavy atom. The van der Waals surface area contributed by atoms with Crippen LogP contribution >= 0.6 is 22.7 Å². The van der Waals surface area contributed by atoms with Crippen LogP contribution in [0.1, 0.15) is 16.2 Å². The molecule has 3 heterocycles. The van der Waals surface area contributed by atoms with E-state index in [0.717, 1.165) is 27.5 Å². The number of thiophene rings is 1. The first-order valence-electron chi connectivity index (χ1n) is 10.2. The summed E-state index contributed by atoms with van der Waals surface area (Å²) in [5, 5.41) is 10.7. The summed E-state index contributed by atoms with van der Waals surface area (Å²) in [4.78, 5) is 27.4. The molecule has 0 unspecified atom stereocenters. The van der Waals surface area contributed by atoms with Crippen LogP contribution in [0.4, 0.5) is 16.6 Å². The highest BCUT2D eigenvalue weighted by Gasteiger charge is 2.12. The van der Waals surface area contributed by atoms with E-state index in [9.17, 15) is 4.79 Å². The van der Waals surface area contributed by atoms with Gasteiger partial charge in [0.2, 0.25) is 0 Å². The molecule has 0 saturated heterocycles. The van der Waals surface area contributed by atoms with Crippen LogP contribution in [0.25, 0.3) is 21.8 Å². The van der Waals surface area contributed by atoms with E-state index in [0.29, 0.717) is 22.3 Å². The number of hydrogen-bond acceptors (Lipinski definition) is 7. The number of benzene rings is 2. The third-order valence-corrected chi connectivity index (χ3v) is 6.45. The Kier molecular flexibility index (Phi) is 5.93. The first kappa shape index (κ1) is 21.0. The average Bonchev–Trinajstić information content (AvgIpc) is 3.52. The van der Waals surface area contributed by atoms with Crippen molar-refractivity contribution in [2.75, 3.05) is 10.6 Å². The molecule has 2 N–H and O–H groups in total. The number of anilines is 3. The molecule has 3 aromatic heterocycles. The van der Waals surface area contributed by atoms with Crippen LogP contribution in [-0.4, -0.2) is 20.9 Å². The van der Waals surface area contributed by atoms with Gasteiger partial charge >= 0.3 is 0 Å². The molecular weight excluding hydrogens is 450 g/mol. The number of carbonyl (C=O) groups excluding carboxylic acids is 1. The second kappa shape index (κ2) is 9.32. The van der Waals surface area contributed by atoms with Gasteiger partial charge in [0, 0.05) is 28.3 Å². The van der Waals surface area contributed by atoms with E-state index in [1.807, 2.05) is 78.3 Å². The number of aryl methyl sites for hydroxylation is 1. The van der Waals surface area contributed by atoms with Crippen LogP contribution in [-0.2, 0) is 0 Å². The molecule has 0 bridgehead atoms. The number of aromatic nitrogens is 3. The Labute approximate surface area is 199 Å². The Morgan fingerprint density at radius 2 is 1.73 bits per heavy atom. The number of rotatable bonds is 6. The van der Waals surface area contributed by atoms with Gasteiger partial charge in [0.1, 0.15) is 11.6 Å². The van der Waals surface area contributed by atoms with Gasteiger partial charge in [0.25, 0.3) is 5.91 Å². The molecule has 0 atom stereocenters. The summed E-state index contributed by atoms with van der Waals surface area (Å²) in [5.41, 5.74) is 4.02. The van der Waals surface area contributed by atoms with Crippen molar-refractivity contribution in [1.82, 2.24) is 15.0 Å². The maximum absolute atomic E-state index is 12.8. The highest BCUT2D eigenvalue weighted by molar-refractivity contribution is 7.16. The van der Waals surface area contributed by atoms with Gasteiger partial charge < -0.3 is 5.32 Å². The minimum atomic E-state index is -0.213. The van der Waals surface area contributed by atoms with Crippen molar-refractivity contribution in [2.24, 2.45) is 0 Å². The third kappa shape index (κ3) is 4.97. The molecule has 33 heavy (non-hydrogen) atoms. The molecule has 5 aromatic rings. The van der Waals surface area contributed by atoms with Crippen molar-refractivity contribution < 1.29 is 4.79 Å². The molecule has 8 heteroatoms. The fraction of sp³-hybridized carbons (Fsp3) is 0.0400. The molecule has 0 saturated carbocycles. The lowest BCUT2D eigenvalue weighted by Crippen LogP contribution is -2.12. The second-order valence-electron chi connectivity index (χ2n) is 7.23. The highest BCUT2D eigenvalue weighted by atomic mass is 32.1. The van der Waals surface area contributed by atoms with Gasteiger partial charge in [-0.3, -0.25) is 10.1 Å². The highest BCUT2D eigenvalue weighted by Crippen LogP contribution is 2.29. The molecule has 0 aliphatic heterocycles. The summed E-state index contributed by atoms with van der Waals surface area (Å²) >= 11 is 3.03. The summed E-state index contributed by atoms with van der Waals surface area (Å²) < 4.78 is 0. The summed E-state index contributed by atoms with van der Waals surface area (Å²) in [7, 11) is 0. The van der Waals surface area contributed by atoms with Crippen LogP contribution in [0.2, 0.25) is 0 Å². The number of hydrogen-bond donors (Lipinski definition) is 2. The zero-order chi connectivity index (χ0) is 22.6. The third-order valence-electron chi connectivity index (χ3n) is 4.80. The first-order chi connectivity index (χ1) is 16.1. The van der Waals surface area contributed by atoms with E-state index in [1.54, 1.807) is 23.5 Å². The zero-order valence-corrected chi connectivity index (χ0v) is 19.3. The maximum atomic E-state index is 12.8. The van der Waals surface area contributed by atoms with Crippen molar-refractivity contribution in [3.8, 4) is 21.8 Å². The van der Waals surface area contributed by atoms with Crippen molar-refractivity contribution in [1.29, 1.82) is 0 Å². The van der Waals surface area contributed by atoms with Gasteiger partial charge in [-0.2, -0.15) is 0 Å². The molecule has 6 nitrogen and oxygen atoms in total. The van der Waals surface area contributed by atoms with E-state index >= 15 is 0 Å². The quantitative estimate of drug-likeness (QED) is 0.292. The van der Waals surface area contributed by atoms with E-state index in [4.69, 9.17) is 0 Å². The van der Waals surface area contributed by atoms with Crippen LogP contribution in [0.5, 0.6) is 0 Å². The van der Waals surface area contributed by atoms with Gasteiger partial charge in [0.05, 0.1) is 16.3 Å². The Hall–Kier alpha value is -3.88. The first-order valence-corrected chi connectivity index (χ1v) is 12.0. The second-order valence-corrected chi connectivity index (χ2v) is 9.03. The van der Waals surface area contributed by atoms with Crippen molar-refractivity contribution in [2.45, 2.75) is 6.92 Å². The van der Waals surface area contributed by atoms with Gasteiger partial charge in [-0.1, -0.05) is 42.5 Å². The topological polar surface area (TPSA) is 79.8 Å². The zero-order valence-electron chi connectivity index (χ0n) is 17.6. The summed E-state index contributed by atoms with van der Waals surface area (Å²) in [6, 6.07) is 23.2. The number of thiazole rings is 1. The van der Waals surface area contributed by atoms with Gasteiger partial charge in [-0.25, -0.2) is 15.0 Å². The van der Waals surface area contributed by atoms with E-state index < -0.39 is 0 Å². The predicted octanol–water partition coefficient (Wildman–Crippen LogP) is 6.63. The fourth-order valence-electron chi connectivity index (χ4n) is 3.31. The van der Waals surface area contributed by atoms with Crippen LogP contribution < -0.4 is 10.6 Å². The average molecular weight is 470 g/mol. The SMILES string of the molecule is Cc1nc(Nc2cccc(C(=O)Nc3nc(-c4cccs4)cs3)c2)cc(-c2ccccc2)n1.